The van der Waals surface area contributed by atoms with Gasteiger partial charge in [-0.2, -0.15) is 0 Å². The number of methoxy groups -OCH3 is 1. The van der Waals surface area contributed by atoms with Crippen LogP contribution in [0.3, 0.4) is 0 Å². The summed E-state index contributed by atoms with van der Waals surface area (Å²) in [4.78, 5) is 38.9. The zero-order chi connectivity index (χ0) is 19.3. The van der Waals surface area contributed by atoms with Crippen LogP contribution >= 0.6 is 0 Å². The third kappa shape index (κ3) is 4.11. The van der Waals surface area contributed by atoms with Crippen LogP contribution in [0.2, 0.25) is 0 Å². The van der Waals surface area contributed by atoms with Gasteiger partial charge in [-0.05, 0) is 36.6 Å². The minimum absolute atomic E-state index is 0.0776. The van der Waals surface area contributed by atoms with Crippen LogP contribution in [-0.2, 0) is 22.4 Å². The fourth-order valence-corrected chi connectivity index (χ4v) is 2.70. The van der Waals surface area contributed by atoms with Gasteiger partial charge in [-0.25, -0.2) is 4.79 Å². The van der Waals surface area contributed by atoms with Crippen LogP contribution in [-0.4, -0.2) is 36.9 Å². The molecule has 138 valence electrons. The number of carbonyl (C=O) groups is 3. The first-order chi connectivity index (χ1) is 12.4. The van der Waals surface area contributed by atoms with E-state index in [-0.39, 0.29) is 18.2 Å². The van der Waals surface area contributed by atoms with Crippen LogP contribution in [0.15, 0.2) is 24.3 Å². The standard InChI is InChI=1S/C19H23N3O4/c1-5-14-16(19(25)26-4)11(2)17(22-14)18(24)21-13-8-6-12(7-9-13)10-15(23)20-3/h6-9,22H,5,10H2,1-4H3,(H,20,23)(H,21,24). The van der Waals surface area contributed by atoms with Gasteiger partial charge < -0.3 is 20.4 Å². The molecule has 0 unspecified atom stereocenters. The maximum absolute atomic E-state index is 12.6. The number of H-pyrrole nitrogens is 1. The largest absolute Gasteiger partial charge is 0.465 e. The van der Waals surface area contributed by atoms with Crippen molar-refractivity contribution in [1.29, 1.82) is 0 Å². The number of aryl methyl sites for hydroxylation is 1. The van der Waals surface area contributed by atoms with Gasteiger partial charge in [0.25, 0.3) is 5.91 Å². The monoisotopic (exact) mass is 357 g/mol. The van der Waals surface area contributed by atoms with E-state index in [1.54, 1.807) is 38.2 Å². The summed E-state index contributed by atoms with van der Waals surface area (Å²) in [6, 6.07) is 7.03. The SMILES string of the molecule is CCc1[nH]c(C(=O)Nc2ccc(CC(=O)NC)cc2)c(C)c1C(=O)OC. The Morgan fingerprint density at radius 3 is 2.35 bits per heavy atom. The van der Waals surface area contributed by atoms with Crippen molar-refractivity contribution in [3.8, 4) is 0 Å². The fraction of sp³-hybridized carbons (Fsp3) is 0.316. The maximum atomic E-state index is 12.6. The quantitative estimate of drug-likeness (QED) is 0.690. The number of aromatic amines is 1. The molecule has 26 heavy (non-hydrogen) atoms. The first kappa shape index (κ1) is 19.2. The van der Waals surface area contributed by atoms with Crippen LogP contribution in [0.5, 0.6) is 0 Å². The first-order valence-corrected chi connectivity index (χ1v) is 8.31. The molecule has 1 aromatic heterocycles. The van der Waals surface area contributed by atoms with Crippen molar-refractivity contribution in [2.75, 3.05) is 19.5 Å². The average Bonchev–Trinajstić information content (AvgIpc) is 2.99. The Labute approximate surface area is 152 Å². The molecule has 2 amide bonds. The molecule has 0 aliphatic heterocycles. The lowest BCUT2D eigenvalue weighted by Gasteiger charge is -2.06. The average molecular weight is 357 g/mol. The highest BCUT2D eigenvalue weighted by Gasteiger charge is 2.23. The molecule has 0 bridgehead atoms. The van der Waals surface area contributed by atoms with Crippen LogP contribution in [0.1, 0.15) is 44.6 Å². The predicted molar refractivity (Wildman–Crippen MR) is 98.4 cm³/mol. The van der Waals surface area contributed by atoms with Crippen molar-refractivity contribution in [1.82, 2.24) is 10.3 Å². The van der Waals surface area contributed by atoms with E-state index in [0.717, 1.165) is 5.56 Å². The number of benzene rings is 1. The number of esters is 1. The molecule has 0 saturated carbocycles. The van der Waals surface area contributed by atoms with Gasteiger partial charge in [0, 0.05) is 18.4 Å². The second-order valence-electron chi connectivity index (χ2n) is 5.82. The number of hydrogen-bond donors (Lipinski definition) is 3. The molecule has 0 radical (unpaired) electrons. The summed E-state index contributed by atoms with van der Waals surface area (Å²) >= 11 is 0. The highest BCUT2D eigenvalue weighted by atomic mass is 16.5. The lowest BCUT2D eigenvalue weighted by molar-refractivity contribution is -0.119. The molecule has 0 saturated heterocycles. The van der Waals surface area contributed by atoms with Gasteiger partial charge >= 0.3 is 5.97 Å². The Bertz CT molecular complexity index is 822. The van der Waals surface area contributed by atoms with Gasteiger partial charge in [-0.15, -0.1) is 0 Å². The molecule has 2 aromatic rings. The number of amides is 2. The Morgan fingerprint density at radius 1 is 1.15 bits per heavy atom. The third-order valence-electron chi connectivity index (χ3n) is 4.15. The van der Waals surface area contributed by atoms with E-state index in [4.69, 9.17) is 4.74 Å². The lowest BCUT2D eigenvalue weighted by Crippen LogP contribution is -2.20. The molecule has 0 aliphatic rings. The molecule has 1 heterocycles. The number of hydrogen-bond acceptors (Lipinski definition) is 4. The molecule has 2 rings (SSSR count). The van der Waals surface area contributed by atoms with Gasteiger partial charge in [0.05, 0.1) is 19.1 Å². The van der Waals surface area contributed by atoms with Crippen LogP contribution in [0.4, 0.5) is 5.69 Å². The Morgan fingerprint density at radius 2 is 1.81 bits per heavy atom. The number of aromatic nitrogens is 1. The molecule has 0 aliphatic carbocycles. The number of rotatable bonds is 6. The number of nitrogens with one attached hydrogen (secondary N) is 3. The van der Waals surface area contributed by atoms with Crippen LogP contribution < -0.4 is 10.6 Å². The lowest BCUT2D eigenvalue weighted by atomic mass is 10.1. The molecular weight excluding hydrogens is 334 g/mol. The molecule has 7 nitrogen and oxygen atoms in total. The van der Waals surface area contributed by atoms with Crippen molar-refractivity contribution >= 4 is 23.5 Å². The second-order valence-corrected chi connectivity index (χ2v) is 5.82. The van der Waals surface area contributed by atoms with Gasteiger partial charge in [0.2, 0.25) is 5.91 Å². The molecular formula is C19H23N3O4. The Kier molecular flexibility index (Phi) is 6.16. The van der Waals surface area contributed by atoms with E-state index in [2.05, 4.69) is 15.6 Å². The van der Waals surface area contributed by atoms with E-state index < -0.39 is 5.97 Å². The zero-order valence-electron chi connectivity index (χ0n) is 15.4. The number of carbonyl (C=O) groups excluding carboxylic acids is 3. The maximum Gasteiger partial charge on any atom is 0.339 e. The van der Waals surface area contributed by atoms with Crippen LogP contribution in [0, 0.1) is 6.92 Å². The summed E-state index contributed by atoms with van der Waals surface area (Å²) < 4.78 is 4.80. The molecule has 1 aromatic carbocycles. The summed E-state index contributed by atoms with van der Waals surface area (Å²) in [6.07, 6.45) is 0.857. The van der Waals surface area contributed by atoms with E-state index in [0.29, 0.717) is 34.6 Å². The number of ether oxygens (including phenoxy) is 1. The second kappa shape index (κ2) is 8.33. The van der Waals surface area contributed by atoms with Crippen molar-refractivity contribution < 1.29 is 19.1 Å². The topological polar surface area (TPSA) is 100 Å². The molecule has 3 N–H and O–H groups in total. The normalized spacial score (nSPS) is 10.3. The van der Waals surface area contributed by atoms with Gasteiger partial charge in [-0.3, -0.25) is 9.59 Å². The molecule has 0 spiro atoms. The van der Waals surface area contributed by atoms with E-state index in [9.17, 15) is 14.4 Å². The molecule has 7 heteroatoms. The Hall–Kier alpha value is -3.09. The molecule has 0 atom stereocenters. The zero-order valence-corrected chi connectivity index (χ0v) is 15.4. The highest BCUT2D eigenvalue weighted by molar-refractivity contribution is 6.06. The first-order valence-electron chi connectivity index (χ1n) is 8.31. The van der Waals surface area contributed by atoms with Crippen molar-refractivity contribution in [3.63, 3.8) is 0 Å². The third-order valence-corrected chi connectivity index (χ3v) is 4.15. The number of anilines is 1. The smallest absolute Gasteiger partial charge is 0.339 e. The summed E-state index contributed by atoms with van der Waals surface area (Å²) in [7, 11) is 2.90. The van der Waals surface area contributed by atoms with Gasteiger partial charge in [0.15, 0.2) is 0 Å². The van der Waals surface area contributed by atoms with E-state index in [1.165, 1.54) is 7.11 Å². The summed E-state index contributed by atoms with van der Waals surface area (Å²) in [5.74, 6) is -0.883. The van der Waals surface area contributed by atoms with Crippen molar-refractivity contribution in [3.05, 3.63) is 52.3 Å². The van der Waals surface area contributed by atoms with Crippen molar-refractivity contribution in [2.24, 2.45) is 0 Å². The van der Waals surface area contributed by atoms with Gasteiger partial charge in [-0.1, -0.05) is 19.1 Å². The molecule has 0 fully saturated rings. The van der Waals surface area contributed by atoms with E-state index in [1.807, 2.05) is 6.92 Å². The highest BCUT2D eigenvalue weighted by Crippen LogP contribution is 2.21. The van der Waals surface area contributed by atoms with E-state index >= 15 is 0 Å². The summed E-state index contributed by atoms with van der Waals surface area (Å²) in [5.41, 5.74) is 3.41. The summed E-state index contributed by atoms with van der Waals surface area (Å²) in [6.45, 7) is 3.61. The van der Waals surface area contributed by atoms with Crippen molar-refractivity contribution in [2.45, 2.75) is 26.7 Å². The fourth-order valence-electron chi connectivity index (χ4n) is 2.70. The van der Waals surface area contributed by atoms with Crippen LogP contribution in [0.25, 0.3) is 0 Å². The number of likely N-dealkylation sites (N-methyl/N-ethyl adjacent to an activating group) is 1. The Balaban J connectivity index is 2.19. The minimum Gasteiger partial charge on any atom is -0.465 e. The predicted octanol–water partition coefficient (Wildman–Crippen LogP) is 2.21. The summed E-state index contributed by atoms with van der Waals surface area (Å²) in [5, 5.41) is 5.36. The minimum atomic E-state index is -0.465. The van der Waals surface area contributed by atoms with Gasteiger partial charge in [0.1, 0.15) is 5.69 Å².